The Hall–Kier alpha value is -3.07. The van der Waals surface area contributed by atoms with Crippen LogP contribution in [0.1, 0.15) is 23.6 Å². The third kappa shape index (κ3) is 6.63. The van der Waals surface area contributed by atoms with Crippen LogP contribution in [0.25, 0.3) is 0 Å². The quantitative estimate of drug-likeness (QED) is 0.399. The van der Waals surface area contributed by atoms with Crippen LogP contribution in [0.2, 0.25) is 10.0 Å². The maximum atomic E-state index is 13.8. The van der Waals surface area contributed by atoms with Crippen LogP contribution in [0.3, 0.4) is 0 Å². The Kier molecular flexibility index (Phi) is 9.23. The summed E-state index contributed by atoms with van der Waals surface area (Å²) in [6.45, 7) is 4.67. The van der Waals surface area contributed by atoms with Crippen LogP contribution in [0.4, 0.5) is 5.69 Å². The lowest BCUT2D eigenvalue weighted by atomic mass is 10.1. The first kappa shape index (κ1) is 28.5. The smallest absolute Gasteiger partial charge is 0.264 e. The highest BCUT2D eigenvalue weighted by Crippen LogP contribution is 2.28. The minimum absolute atomic E-state index is 0.0182. The number of nitrogens with zero attached hydrogens (tertiary/aromatic N) is 2. The highest BCUT2D eigenvalue weighted by Gasteiger charge is 2.33. The molecule has 1 atom stereocenters. The minimum Gasteiger partial charge on any atom is -0.357 e. The van der Waals surface area contributed by atoms with Crippen molar-refractivity contribution in [1.29, 1.82) is 0 Å². The van der Waals surface area contributed by atoms with Gasteiger partial charge in [-0.15, -0.1) is 0 Å². The van der Waals surface area contributed by atoms with Crippen molar-refractivity contribution in [2.45, 2.75) is 38.3 Å². The van der Waals surface area contributed by atoms with Gasteiger partial charge in [0.15, 0.2) is 0 Å². The fourth-order valence-electron chi connectivity index (χ4n) is 3.82. The summed E-state index contributed by atoms with van der Waals surface area (Å²) in [5.74, 6) is -0.969. The molecule has 7 nitrogen and oxygen atoms in total. The Morgan fingerprint density at radius 2 is 1.62 bits per heavy atom. The summed E-state index contributed by atoms with van der Waals surface area (Å²) in [7, 11) is -2.65. The van der Waals surface area contributed by atoms with Crippen molar-refractivity contribution in [1.82, 2.24) is 10.2 Å². The number of aryl methyl sites for hydroxylation is 2. The molecule has 0 saturated heterocycles. The number of hydrogen-bond acceptors (Lipinski definition) is 4. The van der Waals surface area contributed by atoms with Gasteiger partial charge in [-0.3, -0.25) is 13.9 Å². The number of anilines is 1. The maximum Gasteiger partial charge on any atom is 0.264 e. The van der Waals surface area contributed by atoms with E-state index in [0.29, 0.717) is 26.9 Å². The van der Waals surface area contributed by atoms with Crippen molar-refractivity contribution >= 4 is 50.7 Å². The van der Waals surface area contributed by atoms with E-state index in [9.17, 15) is 18.0 Å². The summed E-state index contributed by atoms with van der Waals surface area (Å²) in [6, 6.07) is 17.3. The fraction of sp³-hybridized carbons (Fsp3) is 0.259. The van der Waals surface area contributed by atoms with Gasteiger partial charge in [0, 0.05) is 23.6 Å². The standard InChI is InChI=1S/C27H29Cl2N3O4S/c1-18-9-13-23(14-10-18)37(35,36)32(25-8-6-5-7-19(25)2)17-26(33)31(20(3)27(34)30-4)16-21-11-12-22(28)15-24(21)29/h5-15,20H,16-17H2,1-4H3,(H,30,34)/t20-/m1/s1. The van der Waals surface area contributed by atoms with Gasteiger partial charge >= 0.3 is 0 Å². The second kappa shape index (κ2) is 12.0. The summed E-state index contributed by atoms with van der Waals surface area (Å²) < 4.78 is 28.7. The molecule has 0 unspecified atom stereocenters. The Morgan fingerprint density at radius 3 is 2.22 bits per heavy atom. The third-order valence-electron chi connectivity index (χ3n) is 6.04. The summed E-state index contributed by atoms with van der Waals surface area (Å²) in [5, 5.41) is 3.31. The summed E-state index contributed by atoms with van der Waals surface area (Å²) >= 11 is 12.4. The number of para-hydroxylation sites is 1. The molecular weight excluding hydrogens is 533 g/mol. The summed E-state index contributed by atoms with van der Waals surface area (Å²) in [6.07, 6.45) is 0. The second-order valence-corrected chi connectivity index (χ2v) is 11.4. The fourth-order valence-corrected chi connectivity index (χ4v) is 5.77. The molecule has 0 bridgehead atoms. The van der Waals surface area contributed by atoms with E-state index < -0.39 is 34.4 Å². The van der Waals surface area contributed by atoms with Crippen molar-refractivity contribution in [3.05, 3.63) is 93.5 Å². The number of amides is 2. The van der Waals surface area contributed by atoms with Crippen molar-refractivity contribution in [3.63, 3.8) is 0 Å². The first-order valence-electron chi connectivity index (χ1n) is 11.6. The molecule has 10 heteroatoms. The van der Waals surface area contributed by atoms with E-state index in [0.717, 1.165) is 9.87 Å². The largest absolute Gasteiger partial charge is 0.357 e. The highest BCUT2D eigenvalue weighted by atomic mass is 35.5. The van der Waals surface area contributed by atoms with Gasteiger partial charge < -0.3 is 10.2 Å². The third-order valence-corrected chi connectivity index (χ3v) is 8.40. The van der Waals surface area contributed by atoms with E-state index in [2.05, 4.69) is 5.32 Å². The number of sulfonamides is 1. The van der Waals surface area contributed by atoms with Crippen molar-refractivity contribution in [3.8, 4) is 0 Å². The number of rotatable bonds is 9. The lowest BCUT2D eigenvalue weighted by Crippen LogP contribution is -2.50. The normalized spacial score (nSPS) is 12.1. The SMILES string of the molecule is CNC(=O)[C@@H](C)N(Cc1ccc(Cl)cc1Cl)C(=O)CN(c1ccccc1C)S(=O)(=O)c1ccc(C)cc1. The average Bonchev–Trinajstić information content (AvgIpc) is 2.86. The Balaban J connectivity index is 2.06. The van der Waals surface area contributed by atoms with Gasteiger partial charge in [-0.25, -0.2) is 8.42 Å². The average molecular weight is 563 g/mol. The molecule has 0 aromatic heterocycles. The number of nitrogens with one attached hydrogen (secondary N) is 1. The molecule has 2 amide bonds. The summed E-state index contributed by atoms with van der Waals surface area (Å²) in [4.78, 5) is 27.7. The Morgan fingerprint density at radius 1 is 0.973 bits per heavy atom. The predicted octanol–water partition coefficient (Wildman–Crippen LogP) is 4.97. The molecule has 3 aromatic carbocycles. The van der Waals surface area contributed by atoms with Gasteiger partial charge in [0.05, 0.1) is 10.6 Å². The number of likely N-dealkylation sites (N-methyl/N-ethyl adjacent to an activating group) is 1. The van der Waals surface area contributed by atoms with Crippen LogP contribution in [0.5, 0.6) is 0 Å². The van der Waals surface area contributed by atoms with Crippen molar-refractivity contribution in [2.24, 2.45) is 0 Å². The zero-order chi connectivity index (χ0) is 27.3. The monoisotopic (exact) mass is 561 g/mol. The molecule has 0 aliphatic carbocycles. The second-order valence-electron chi connectivity index (χ2n) is 8.66. The molecule has 3 rings (SSSR count). The highest BCUT2D eigenvalue weighted by molar-refractivity contribution is 7.92. The van der Waals surface area contributed by atoms with Crippen LogP contribution in [-0.2, 0) is 26.2 Å². The molecule has 0 heterocycles. The van der Waals surface area contributed by atoms with Crippen LogP contribution < -0.4 is 9.62 Å². The topological polar surface area (TPSA) is 86.8 Å². The summed E-state index contributed by atoms with van der Waals surface area (Å²) in [5.41, 5.74) is 2.52. The van der Waals surface area contributed by atoms with E-state index in [1.807, 2.05) is 6.92 Å². The lowest BCUT2D eigenvalue weighted by Gasteiger charge is -2.32. The molecule has 1 N–H and O–H groups in total. The number of halogens is 2. The lowest BCUT2D eigenvalue weighted by molar-refractivity contribution is -0.139. The van der Waals surface area contributed by atoms with Gasteiger partial charge in [0.1, 0.15) is 12.6 Å². The van der Waals surface area contributed by atoms with Crippen LogP contribution in [0.15, 0.2) is 71.6 Å². The van der Waals surface area contributed by atoms with E-state index >= 15 is 0 Å². The molecule has 0 fully saturated rings. The maximum absolute atomic E-state index is 13.8. The molecule has 37 heavy (non-hydrogen) atoms. The zero-order valence-electron chi connectivity index (χ0n) is 21.0. The van der Waals surface area contributed by atoms with Gasteiger partial charge in [-0.2, -0.15) is 0 Å². The molecule has 0 aliphatic rings. The number of carbonyl (C=O) groups is 2. The molecular formula is C27H29Cl2N3O4S. The van der Waals surface area contributed by atoms with Gasteiger partial charge in [0.25, 0.3) is 10.0 Å². The molecule has 196 valence electrons. The van der Waals surface area contributed by atoms with Crippen LogP contribution in [-0.4, -0.2) is 44.8 Å². The van der Waals surface area contributed by atoms with E-state index in [1.54, 1.807) is 68.4 Å². The first-order chi connectivity index (χ1) is 17.4. The molecule has 0 radical (unpaired) electrons. The number of hydrogen-bond donors (Lipinski definition) is 1. The van der Waals surface area contributed by atoms with Gasteiger partial charge in [-0.1, -0.05) is 65.2 Å². The molecule has 0 spiro atoms. The Bertz CT molecular complexity index is 1400. The minimum atomic E-state index is -4.12. The van der Waals surface area contributed by atoms with Crippen LogP contribution in [0, 0.1) is 13.8 Å². The first-order valence-corrected chi connectivity index (χ1v) is 13.7. The zero-order valence-corrected chi connectivity index (χ0v) is 23.4. The van der Waals surface area contributed by atoms with E-state index in [4.69, 9.17) is 23.2 Å². The number of carbonyl (C=O) groups excluding carboxylic acids is 2. The molecule has 0 aliphatic heterocycles. The van der Waals surface area contributed by atoms with E-state index in [-0.39, 0.29) is 11.4 Å². The molecule has 3 aromatic rings. The predicted molar refractivity (Wildman–Crippen MR) is 147 cm³/mol. The van der Waals surface area contributed by atoms with Crippen LogP contribution >= 0.6 is 23.2 Å². The van der Waals surface area contributed by atoms with Crippen molar-refractivity contribution < 1.29 is 18.0 Å². The van der Waals surface area contributed by atoms with Gasteiger partial charge in [0.2, 0.25) is 11.8 Å². The molecule has 0 saturated carbocycles. The number of benzene rings is 3. The van der Waals surface area contributed by atoms with E-state index in [1.165, 1.54) is 24.1 Å². The van der Waals surface area contributed by atoms with Gasteiger partial charge in [-0.05, 0) is 62.2 Å². The van der Waals surface area contributed by atoms with Crippen molar-refractivity contribution in [2.75, 3.05) is 17.9 Å². The Labute approximate surface area is 228 Å².